The Kier molecular flexibility index (Phi) is 3.32. The Morgan fingerprint density at radius 3 is 2.94 bits per heavy atom. The van der Waals surface area contributed by atoms with Gasteiger partial charge in [-0.25, -0.2) is 0 Å². The van der Waals surface area contributed by atoms with Crippen molar-refractivity contribution < 1.29 is 14.6 Å². The van der Waals surface area contributed by atoms with E-state index in [-0.39, 0.29) is 11.7 Å². The van der Waals surface area contributed by atoms with E-state index < -0.39 is 0 Å². The van der Waals surface area contributed by atoms with E-state index in [0.717, 1.165) is 18.4 Å². The zero-order chi connectivity index (χ0) is 12.3. The molecule has 0 spiro atoms. The van der Waals surface area contributed by atoms with Crippen molar-refractivity contribution in [3.8, 4) is 5.75 Å². The van der Waals surface area contributed by atoms with E-state index in [4.69, 9.17) is 4.74 Å². The van der Waals surface area contributed by atoms with Crippen LogP contribution in [-0.2, 0) is 9.53 Å². The molecule has 4 heteroatoms. The van der Waals surface area contributed by atoms with E-state index >= 15 is 0 Å². The van der Waals surface area contributed by atoms with E-state index in [9.17, 15) is 9.90 Å². The highest BCUT2D eigenvalue weighted by Crippen LogP contribution is 2.27. The molecule has 1 aromatic carbocycles. The maximum Gasteiger partial charge on any atom is 0.290 e. The van der Waals surface area contributed by atoms with Gasteiger partial charge in [-0.15, -0.1) is 0 Å². The van der Waals surface area contributed by atoms with E-state index in [1.54, 1.807) is 18.2 Å². The van der Waals surface area contributed by atoms with Crippen LogP contribution in [0.1, 0.15) is 18.4 Å². The number of phenolic OH excluding ortho intramolecular Hbond substituents is 1. The van der Waals surface area contributed by atoms with Crippen molar-refractivity contribution in [1.82, 2.24) is 0 Å². The van der Waals surface area contributed by atoms with Gasteiger partial charge < -0.3 is 15.2 Å². The molecule has 2 rings (SSSR count). The molecule has 1 heterocycles. The molecule has 0 atom stereocenters. The standard InChI is InChI=1S/C13H15NO3/c1-9-5-4-6-10(15)12(9)14-13(16)11-7-2-3-8-17-11/h4-7,15H,2-3,8H2,1H3,(H,14,16). The lowest BCUT2D eigenvalue weighted by Crippen LogP contribution is -2.19. The molecule has 0 aromatic heterocycles. The SMILES string of the molecule is Cc1cccc(O)c1NC(=O)C1=CCCCO1. The number of allylic oxidation sites excluding steroid dienone is 1. The third-order valence-electron chi connectivity index (χ3n) is 2.65. The molecule has 0 unspecified atom stereocenters. The van der Waals surface area contributed by atoms with E-state index in [0.29, 0.717) is 18.1 Å². The summed E-state index contributed by atoms with van der Waals surface area (Å²) in [5, 5.41) is 12.3. The average molecular weight is 233 g/mol. The summed E-state index contributed by atoms with van der Waals surface area (Å²) in [6, 6.07) is 5.10. The van der Waals surface area contributed by atoms with Crippen molar-refractivity contribution in [3.63, 3.8) is 0 Å². The molecule has 1 aliphatic rings. The van der Waals surface area contributed by atoms with Crippen LogP contribution in [0.15, 0.2) is 30.0 Å². The summed E-state index contributed by atoms with van der Waals surface area (Å²) >= 11 is 0. The lowest BCUT2D eigenvalue weighted by Gasteiger charge is -2.15. The predicted octanol–water partition coefficient (Wildman–Crippen LogP) is 2.33. The Labute approximate surface area is 99.9 Å². The minimum absolute atomic E-state index is 0.0646. The molecule has 0 fully saturated rings. The highest BCUT2D eigenvalue weighted by molar-refractivity contribution is 6.03. The van der Waals surface area contributed by atoms with Gasteiger partial charge in [-0.2, -0.15) is 0 Å². The van der Waals surface area contributed by atoms with Gasteiger partial charge in [-0.1, -0.05) is 12.1 Å². The first kappa shape index (κ1) is 11.5. The quantitative estimate of drug-likeness (QED) is 0.771. The van der Waals surface area contributed by atoms with Gasteiger partial charge >= 0.3 is 0 Å². The summed E-state index contributed by atoms with van der Waals surface area (Å²) in [5.41, 5.74) is 1.25. The Hall–Kier alpha value is -1.97. The summed E-state index contributed by atoms with van der Waals surface area (Å²) in [6.07, 6.45) is 3.56. The van der Waals surface area contributed by atoms with Crippen molar-refractivity contribution in [2.45, 2.75) is 19.8 Å². The first-order valence-corrected chi connectivity index (χ1v) is 5.61. The first-order valence-electron chi connectivity index (χ1n) is 5.61. The number of phenols is 1. The third kappa shape index (κ3) is 2.58. The molecule has 0 radical (unpaired) electrons. The van der Waals surface area contributed by atoms with Gasteiger partial charge in [0.25, 0.3) is 5.91 Å². The number of aryl methyl sites for hydroxylation is 1. The van der Waals surface area contributed by atoms with Crippen molar-refractivity contribution in [1.29, 1.82) is 0 Å². The minimum Gasteiger partial charge on any atom is -0.506 e. The molecule has 4 nitrogen and oxygen atoms in total. The van der Waals surface area contributed by atoms with Gasteiger partial charge in [0.15, 0.2) is 5.76 Å². The van der Waals surface area contributed by atoms with Crippen LogP contribution in [0.5, 0.6) is 5.75 Å². The highest BCUT2D eigenvalue weighted by Gasteiger charge is 2.16. The topological polar surface area (TPSA) is 58.6 Å². The highest BCUT2D eigenvalue weighted by atomic mass is 16.5. The summed E-state index contributed by atoms with van der Waals surface area (Å²) in [5.74, 6) is 0.0861. The van der Waals surface area contributed by atoms with Gasteiger partial charge in [0.05, 0.1) is 12.3 Å². The number of carbonyl (C=O) groups is 1. The van der Waals surface area contributed by atoms with E-state index in [2.05, 4.69) is 5.32 Å². The van der Waals surface area contributed by atoms with Crippen LogP contribution < -0.4 is 5.32 Å². The molecule has 0 aliphatic carbocycles. The van der Waals surface area contributed by atoms with Crippen LogP contribution in [0, 0.1) is 6.92 Å². The number of para-hydroxylation sites is 1. The van der Waals surface area contributed by atoms with Gasteiger partial charge in [0, 0.05) is 0 Å². The molecular formula is C13H15NO3. The summed E-state index contributed by atoms with van der Waals surface area (Å²) in [7, 11) is 0. The fourth-order valence-corrected chi connectivity index (χ4v) is 1.71. The van der Waals surface area contributed by atoms with Crippen LogP contribution in [-0.4, -0.2) is 17.6 Å². The molecule has 1 aliphatic heterocycles. The van der Waals surface area contributed by atoms with Gasteiger partial charge in [0.2, 0.25) is 0 Å². The van der Waals surface area contributed by atoms with Crippen LogP contribution in [0.3, 0.4) is 0 Å². The molecule has 17 heavy (non-hydrogen) atoms. The Morgan fingerprint density at radius 2 is 2.29 bits per heavy atom. The van der Waals surface area contributed by atoms with Gasteiger partial charge in [-0.05, 0) is 37.5 Å². The summed E-state index contributed by atoms with van der Waals surface area (Å²) < 4.78 is 5.26. The number of anilines is 1. The van der Waals surface area contributed by atoms with Gasteiger partial charge in [-0.3, -0.25) is 4.79 Å². The maximum absolute atomic E-state index is 11.9. The number of ether oxygens (including phenoxy) is 1. The molecule has 1 aromatic rings. The lowest BCUT2D eigenvalue weighted by molar-refractivity contribution is -0.116. The minimum atomic E-state index is -0.311. The largest absolute Gasteiger partial charge is 0.506 e. The van der Waals surface area contributed by atoms with Crippen molar-refractivity contribution >= 4 is 11.6 Å². The molecule has 0 bridgehead atoms. The zero-order valence-electron chi connectivity index (χ0n) is 9.69. The molecular weight excluding hydrogens is 218 g/mol. The Morgan fingerprint density at radius 1 is 1.47 bits per heavy atom. The Bertz CT molecular complexity index is 445. The number of hydrogen-bond donors (Lipinski definition) is 2. The van der Waals surface area contributed by atoms with Crippen LogP contribution >= 0.6 is 0 Å². The van der Waals surface area contributed by atoms with Crippen molar-refractivity contribution in [2.75, 3.05) is 11.9 Å². The fourth-order valence-electron chi connectivity index (χ4n) is 1.71. The second-order valence-electron chi connectivity index (χ2n) is 3.98. The Balaban J connectivity index is 2.15. The number of rotatable bonds is 2. The predicted molar refractivity (Wildman–Crippen MR) is 64.7 cm³/mol. The molecule has 1 amide bonds. The first-order chi connectivity index (χ1) is 8.18. The lowest BCUT2D eigenvalue weighted by atomic mass is 10.1. The van der Waals surface area contributed by atoms with E-state index in [1.807, 2.05) is 13.0 Å². The molecule has 0 saturated heterocycles. The molecule has 90 valence electrons. The van der Waals surface area contributed by atoms with Crippen molar-refractivity contribution in [3.05, 3.63) is 35.6 Å². The van der Waals surface area contributed by atoms with Crippen LogP contribution in [0.2, 0.25) is 0 Å². The normalized spacial score (nSPS) is 14.8. The van der Waals surface area contributed by atoms with Gasteiger partial charge in [0.1, 0.15) is 5.75 Å². The fraction of sp³-hybridized carbons (Fsp3) is 0.308. The van der Waals surface area contributed by atoms with E-state index in [1.165, 1.54) is 0 Å². The maximum atomic E-state index is 11.9. The van der Waals surface area contributed by atoms with Crippen molar-refractivity contribution in [2.24, 2.45) is 0 Å². The van der Waals surface area contributed by atoms with Crippen LogP contribution in [0.4, 0.5) is 5.69 Å². The number of nitrogens with one attached hydrogen (secondary N) is 1. The third-order valence-corrected chi connectivity index (χ3v) is 2.65. The molecule has 2 N–H and O–H groups in total. The number of amides is 1. The zero-order valence-corrected chi connectivity index (χ0v) is 9.69. The number of aromatic hydroxyl groups is 1. The van der Waals surface area contributed by atoms with Crippen LogP contribution in [0.25, 0.3) is 0 Å². The average Bonchev–Trinajstić information content (AvgIpc) is 2.35. The summed E-state index contributed by atoms with van der Waals surface area (Å²) in [6.45, 7) is 2.39. The molecule has 0 saturated carbocycles. The number of benzene rings is 1. The number of carbonyl (C=O) groups excluding carboxylic acids is 1. The second-order valence-corrected chi connectivity index (χ2v) is 3.98. The monoisotopic (exact) mass is 233 g/mol. The number of hydrogen-bond acceptors (Lipinski definition) is 3. The second kappa shape index (κ2) is 4.91. The summed E-state index contributed by atoms with van der Waals surface area (Å²) in [4.78, 5) is 11.9. The smallest absolute Gasteiger partial charge is 0.290 e.